The van der Waals surface area contributed by atoms with Gasteiger partial charge in [0.25, 0.3) is 0 Å². The molecule has 2 rings (SSSR count). The van der Waals surface area contributed by atoms with E-state index in [0.29, 0.717) is 12.0 Å². The minimum Gasteiger partial charge on any atom is -0.310 e. The molecule has 0 bridgehead atoms. The van der Waals surface area contributed by atoms with Crippen LogP contribution >= 0.6 is 27.3 Å². The first kappa shape index (κ1) is 15.7. The van der Waals surface area contributed by atoms with Crippen LogP contribution in [0.1, 0.15) is 48.7 Å². The Hall–Kier alpha value is -0.640. The van der Waals surface area contributed by atoms with Crippen LogP contribution < -0.4 is 5.32 Å². The average molecular weight is 352 g/mol. The molecule has 3 heteroatoms. The number of thiophene rings is 1. The molecule has 0 amide bonds. The Labute approximate surface area is 134 Å². The molecule has 0 saturated heterocycles. The summed E-state index contributed by atoms with van der Waals surface area (Å²) in [4.78, 5) is 1.41. The molecular weight excluding hydrogens is 330 g/mol. The lowest BCUT2D eigenvalue weighted by Gasteiger charge is -2.18. The third-order valence-corrected chi connectivity index (χ3v) is 5.20. The van der Waals surface area contributed by atoms with E-state index in [1.807, 2.05) is 11.3 Å². The van der Waals surface area contributed by atoms with Gasteiger partial charge in [0, 0.05) is 27.2 Å². The molecule has 0 fully saturated rings. The Bertz CT molecular complexity index is 530. The van der Waals surface area contributed by atoms with Gasteiger partial charge in [-0.25, -0.2) is 0 Å². The molecule has 2 aromatic rings. The summed E-state index contributed by atoms with van der Waals surface area (Å²) in [5.74, 6) is 0.592. The van der Waals surface area contributed by atoms with Crippen LogP contribution in [0.15, 0.2) is 40.2 Å². The Morgan fingerprint density at radius 2 is 1.80 bits per heavy atom. The molecule has 0 aliphatic carbocycles. The second-order valence-corrected chi connectivity index (χ2v) is 7.28. The first-order valence-corrected chi connectivity index (χ1v) is 8.83. The van der Waals surface area contributed by atoms with E-state index >= 15 is 0 Å². The van der Waals surface area contributed by atoms with Crippen LogP contribution in [0.5, 0.6) is 0 Å². The van der Waals surface area contributed by atoms with Crippen LogP contribution in [-0.2, 0) is 6.42 Å². The largest absolute Gasteiger partial charge is 0.310 e. The molecule has 108 valence electrons. The number of benzene rings is 1. The van der Waals surface area contributed by atoms with Gasteiger partial charge >= 0.3 is 0 Å². The molecule has 0 spiro atoms. The van der Waals surface area contributed by atoms with E-state index in [2.05, 4.69) is 77.7 Å². The third kappa shape index (κ3) is 4.18. The zero-order valence-electron chi connectivity index (χ0n) is 12.3. The molecule has 1 aromatic carbocycles. The van der Waals surface area contributed by atoms with Gasteiger partial charge in [-0.3, -0.25) is 0 Å². The van der Waals surface area contributed by atoms with E-state index in [0.717, 1.165) is 13.0 Å². The molecule has 1 heterocycles. The summed E-state index contributed by atoms with van der Waals surface area (Å²) in [6.45, 7) is 7.63. The van der Waals surface area contributed by atoms with Crippen molar-refractivity contribution in [3.63, 3.8) is 0 Å². The SMILES string of the molecule is CCNC(Cc1cc(Br)cs1)c1ccc(C(C)C)cc1. The first-order chi connectivity index (χ1) is 9.60. The average Bonchev–Trinajstić information content (AvgIpc) is 2.84. The van der Waals surface area contributed by atoms with Crippen molar-refractivity contribution in [1.82, 2.24) is 5.32 Å². The molecular formula is C17H22BrNS. The summed E-state index contributed by atoms with van der Waals surface area (Å²) >= 11 is 5.35. The molecule has 0 radical (unpaired) electrons. The van der Waals surface area contributed by atoms with Gasteiger partial charge in [0.15, 0.2) is 0 Å². The highest BCUT2D eigenvalue weighted by molar-refractivity contribution is 9.10. The number of rotatable bonds is 6. The van der Waals surface area contributed by atoms with Gasteiger partial charge in [0.05, 0.1) is 0 Å². The molecule has 1 unspecified atom stereocenters. The van der Waals surface area contributed by atoms with Gasteiger partial charge in [0.2, 0.25) is 0 Å². The Morgan fingerprint density at radius 3 is 2.30 bits per heavy atom. The van der Waals surface area contributed by atoms with Gasteiger partial charge in [0.1, 0.15) is 0 Å². The maximum atomic E-state index is 3.60. The highest BCUT2D eigenvalue weighted by Crippen LogP contribution is 2.26. The summed E-state index contributed by atoms with van der Waals surface area (Å²) in [6, 6.07) is 11.7. The topological polar surface area (TPSA) is 12.0 Å². The van der Waals surface area contributed by atoms with Crippen LogP contribution in [0.2, 0.25) is 0 Å². The maximum absolute atomic E-state index is 3.60. The number of hydrogen-bond donors (Lipinski definition) is 1. The summed E-state index contributed by atoms with van der Waals surface area (Å²) in [5, 5.41) is 5.75. The molecule has 0 aliphatic heterocycles. The van der Waals surface area contributed by atoms with Crippen molar-refractivity contribution in [3.05, 3.63) is 56.2 Å². The normalized spacial score (nSPS) is 12.8. The number of nitrogens with one attached hydrogen (secondary N) is 1. The quantitative estimate of drug-likeness (QED) is 0.721. The summed E-state index contributed by atoms with van der Waals surface area (Å²) in [7, 11) is 0. The summed E-state index contributed by atoms with van der Waals surface area (Å²) in [6.07, 6.45) is 1.05. The Balaban J connectivity index is 2.15. The van der Waals surface area contributed by atoms with E-state index in [1.165, 1.54) is 20.5 Å². The van der Waals surface area contributed by atoms with Crippen molar-refractivity contribution < 1.29 is 0 Å². The van der Waals surface area contributed by atoms with Crippen molar-refractivity contribution in [2.24, 2.45) is 0 Å². The molecule has 20 heavy (non-hydrogen) atoms. The molecule has 1 nitrogen and oxygen atoms in total. The summed E-state index contributed by atoms with van der Waals surface area (Å²) in [5.41, 5.74) is 2.78. The second kappa shape index (κ2) is 7.39. The third-order valence-electron chi connectivity index (χ3n) is 3.48. The lowest BCUT2D eigenvalue weighted by atomic mass is 9.97. The number of halogens is 1. The highest BCUT2D eigenvalue weighted by Gasteiger charge is 2.12. The lowest BCUT2D eigenvalue weighted by Crippen LogP contribution is -2.22. The van der Waals surface area contributed by atoms with E-state index in [1.54, 1.807) is 0 Å². The molecule has 1 aromatic heterocycles. The first-order valence-electron chi connectivity index (χ1n) is 7.16. The van der Waals surface area contributed by atoms with Crippen molar-refractivity contribution in [3.8, 4) is 0 Å². The van der Waals surface area contributed by atoms with Gasteiger partial charge in [-0.05, 0) is 45.6 Å². The second-order valence-electron chi connectivity index (χ2n) is 5.37. The van der Waals surface area contributed by atoms with Gasteiger partial charge in [-0.1, -0.05) is 45.0 Å². The number of hydrogen-bond acceptors (Lipinski definition) is 2. The van der Waals surface area contributed by atoms with E-state index in [4.69, 9.17) is 0 Å². The fourth-order valence-corrected chi connectivity index (χ4v) is 3.83. The summed E-state index contributed by atoms with van der Waals surface area (Å²) < 4.78 is 1.18. The van der Waals surface area contributed by atoms with E-state index in [9.17, 15) is 0 Å². The Kier molecular flexibility index (Phi) is 5.82. The molecule has 0 saturated carbocycles. The fourth-order valence-electron chi connectivity index (χ4n) is 2.33. The van der Waals surface area contributed by atoms with Crippen molar-refractivity contribution in [2.45, 2.75) is 39.2 Å². The smallest absolute Gasteiger partial charge is 0.0368 e. The predicted octanol–water partition coefficient (Wildman–Crippen LogP) is 5.53. The number of likely N-dealkylation sites (N-methyl/N-ethyl adjacent to an activating group) is 1. The van der Waals surface area contributed by atoms with Crippen LogP contribution in [-0.4, -0.2) is 6.54 Å². The monoisotopic (exact) mass is 351 g/mol. The van der Waals surface area contributed by atoms with Crippen LogP contribution in [0.4, 0.5) is 0 Å². The zero-order valence-corrected chi connectivity index (χ0v) is 14.7. The van der Waals surface area contributed by atoms with E-state index in [-0.39, 0.29) is 0 Å². The maximum Gasteiger partial charge on any atom is 0.0368 e. The van der Waals surface area contributed by atoms with Gasteiger partial charge < -0.3 is 5.32 Å². The van der Waals surface area contributed by atoms with Crippen LogP contribution in [0.3, 0.4) is 0 Å². The predicted molar refractivity (Wildman–Crippen MR) is 92.7 cm³/mol. The van der Waals surface area contributed by atoms with Gasteiger partial charge in [-0.2, -0.15) is 0 Å². The van der Waals surface area contributed by atoms with Crippen molar-refractivity contribution in [1.29, 1.82) is 0 Å². The molecule has 0 aliphatic rings. The minimum atomic E-state index is 0.395. The Morgan fingerprint density at radius 1 is 1.15 bits per heavy atom. The van der Waals surface area contributed by atoms with Crippen LogP contribution in [0, 0.1) is 0 Å². The van der Waals surface area contributed by atoms with Crippen molar-refractivity contribution >= 4 is 27.3 Å². The van der Waals surface area contributed by atoms with E-state index < -0.39 is 0 Å². The van der Waals surface area contributed by atoms with Gasteiger partial charge in [-0.15, -0.1) is 11.3 Å². The minimum absolute atomic E-state index is 0.395. The van der Waals surface area contributed by atoms with Crippen molar-refractivity contribution in [2.75, 3.05) is 6.54 Å². The molecule has 1 N–H and O–H groups in total. The fraction of sp³-hybridized carbons (Fsp3) is 0.412. The lowest BCUT2D eigenvalue weighted by molar-refractivity contribution is 0.553. The zero-order chi connectivity index (χ0) is 14.5. The standard InChI is InChI=1S/C17H22BrNS/c1-4-19-17(10-16-9-15(18)11-20-16)14-7-5-13(6-8-14)12(2)3/h5-9,11-12,17,19H,4,10H2,1-3H3. The molecule has 1 atom stereocenters. The van der Waals surface area contributed by atoms with Crippen LogP contribution in [0.25, 0.3) is 0 Å². The highest BCUT2D eigenvalue weighted by atomic mass is 79.9.